The van der Waals surface area contributed by atoms with Crippen LogP contribution in [0.4, 0.5) is 0 Å². The molecule has 18 heavy (non-hydrogen) atoms. The summed E-state index contributed by atoms with van der Waals surface area (Å²) < 4.78 is 8.93. The zero-order valence-corrected chi connectivity index (χ0v) is 11.8. The second-order valence-electron chi connectivity index (χ2n) is 3.42. The van der Waals surface area contributed by atoms with E-state index < -0.39 is 35.6 Å². The molecule has 0 heterocycles. The Balaban J connectivity index is 5.52. The fourth-order valence-corrected chi connectivity index (χ4v) is 1.56. The second kappa shape index (κ2) is 7.10. The fraction of sp³-hybridized carbons (Fsp3) is 0.600. The van der Waals surface area contributed by atoms with E-state index in [0.717, 1.165) is 21.1 Å². The van der Waals surface area contributed by atoms with Crippen molar-refractivity contribution in [2.24, 2.45) is 0 Å². The van der Waals surface area contributed by atoms with Crippen LogP contribution < -0.4 is 5.32 Å². The fourth-order valence-electron chi connectivity index (χ4n) is 1.37. The minimum Gasteiger partial charge on any atom is -0.467 e. The molecule has 0 saturated carbocycles. The molecular formula is C10H14BrNO6. The van der Waals surface area contributed by atoms with Crippen molar-refractivity contribution in [1.29, 1.82) is 0 Å². The number of carbonyl (C=O) groups excluding carboxylic acids is 4. The van der Waals surface area contributed by atoms with Gasteiger partial charge in [-0.3, -0.25) is 9.59 Å². The van der Waals surface area contributed by atoms with Crippen LogP contribution in [0.2, 0.25) is 0 Å². The molecule has 0 rings (SSSR count). The Morgan fingerprint density at radius 2 is 1.56 bits per heavy atom. The molecular weight excluding hydrogens is 310 g/mol. The smallest absolute Gasteiger partial charge is 0.343 e. The predicted molar refractivity (Wildman–Crippen MR) is 64.0 cm³/mol. The largest absolute Gasteiger partial charge is 0.467 e. The highest BCUT2D eigenvalue weighted by Gasteiger charge is 2.50. The van der Waals surface area contributed by atoms with E-state index in [1.165, 1.54) is 0 Å². The van der Waals surface area contributed by atoms with Crippen LogP contribution in [0.1, 0.15) is 13.3 Å². The van der Waals surface area contributed by atoms with E-state index in [0.29, 0.717) is 0 Å². The van der Waals surface area contributed by atoms with E-state index in [4.69, 9.17) is 0 Å². The molecule has 0 saturated heterocycles. The van der Waals surface area contributed by atoms with E-state index in [2.05, 4.69) is 30.7 Å². The summed E-state index contributed by atoms with van der Waals surface area (Å²) >= 11 is 2.91. The van der Waals surface area contributed by atoms with Crippen molar-refractivity contribution in [3.63, 3.8) is 0 Å². The molecule has 0 fully saturated rings. The van der Waals surface area contributed by atoms with Crippen LogP contribution >= 0.6 is 15.9 Å². The van der Waals surface area contributed by atoms with Crippen molar-refractivity contribution >= 4 is 39.6 Å². The monoisotopic (exact) mass is 323 g/mol. The number of alkyl halides is 1. The van der Waals surface area contributed by atoms with Crippen molar-refractivity contribution in [1.82, 2.24) is 5.32 Å². The van der Waals surface area contributed by atoms with E-state index in [-0.39, 0.29) is 5.33 Å². The first-order valence-electron chi connectivity index (χ1n) is 4.87. The van der Waals surface area contributed by atoms with Gasteiger partial charge in [0.25, 0.3) is 0 Å². The molecule has 0 aliphatic rings. The van der Waals surface area contributed by atoms with Crippen molar-refractivity contribution in [3.8, 4) is 0 Å². The molecule has 0 aromatic carbocycles. The topological polar surface area (TPSA) is 98.8 Å². The van der Waals surface area contributed by atoms with Gasteiger partial charge >= 0.3 is 11.9 Å². The maximum atomic E-state index is 11.7. The summed E-state index contributed by atoms with van der Waals surface area (Å²) in [4.78, 5) is 46.0. The van der Waals surface area contributed by atoms with Gasteiger partial charge in [-0.1, -0.05) is 15.9 Å². The number of carbonyl (C=O) groups is 4. The quantitative estimate of drug-likeness (QED) is 0.404. The highest BCUT2D eigenvalue weighted by molar-refractivity contribution is 9.09. The molecule has 0 spiro atoms. The number of nitrogens with one attached hydrogen (secondary N) is 1. The van der Waals surface area contributed by atoms with Crippen LogP contribution in [0.5, 0.6) is 0 Å². The maximum Gasteiger partial charge on any atom is 0.343 e. The molecule has 1 N–H and O–H groups in total. The predicted octanol–water partition coefficient (Wildman–Crippen LogP) is -0.439. The van der Waals surface area contributed by atoms with E-state index in [1.54, 1.807) is 0 Å². The van der Waals surface area contributed by atoms with E-state index >= 15 is 0 Å². The number of amides is 1. The van der Waals surface area contributed by atoms with Gasteiger partial charge in [-0.2, -0.15) is 0 Å². The molecule has 0 aliphatic carbocycles. The summed E-state index contributed by atoms with van der Waals surface area (Å²) in [5.41, 5.74) is -2.14. The highest BCUT2D eigenvalue weighted by atomic mass is 79.9. The Morgan fingerprint density at radius 1 is 1.11 bits per heavy atom. The molecule has 0 radical (unpaired) electrons. The number of hydrogen-bond acceptors (Lipinski definition) is 6. The number of hydrogen-bond donors (Lipinski definition) is 1. The summed E-state index contributed by atoms with van der Waals surface area (Å²) in [5.74, 6) is -3.23. The number of Topliss-reactive ketones (excluding diaryl/α,β-unsaturated/α-hetero) is 1. The lowest BCUT2D eigenvalue weighted by Crippen LogP contribution is -2.61. The van der Waals surface area contributed by atoms with Gasteiger partial charge in [0, 0.05) is 6.92 Å². The first-order valence-corrected chi connectivity index (χ1v) is 5.99. The number of methoxy groups -OCH3 is 2. The van der Waals surface area contributed by atoms with Crippen LogP contribution in [0, 0.1) is 0 Å². The molecule has 0 bridgehead atoms. The van der Waals surface area contributed by atoms with Gasteiger partial charge < -0.3 is 14.8 Å². The van der Waals surface area contributed by atoms with Crippen LogP contribution in [-0.4, -0.2) is 48.7 Å². The zero-order valence-electron chi connectivity index (χ0n) is 10.2. The Labute approximate surface area is 112 Å². The summed E-state index contributed by atoms with van der Waals surface area (Å²) in [6.07, 6.45) is -0.544. The van der Waals surface area contributed by atoms with Crippen molar-refractivity contribution < 1.29 is 28.7 Å². The van der Waals surface area contributed by atoms with Crippen LogP contribution in [-0.2, 0) is 28.7 Å². The van der Waals surface area contributed by atoms with Crippen LogP contribution in [0.15, 0.2) is 0 Å². The first-order chi connectivity index (χ1) is 8.33. The average Bonchev–Trinajstić information content (AvgIpc) is 2.34. The summed E-state index contributed by atoms with van der Waals surface area (Å²) in [5, 5.41) is 2.06. The second-order valence-corrected chi connectivity index (χ2v) is 3.98. The third kappa shape index (κ3) is 3.80. The number of ketones is 1. The third-order valence-corrected chi connectivity index (χ3v) is 2.69. The van der Waals surface area contributed by atoms with Crippen LogP contribution in [0.3, 0.4) is 0 Å². The van der Waals surface area contributed by atoms with Gasteiger partial charge in [0.2, 0.25) is 11.4 Å². The molecule has 8 heteroatoms. The van der Waals surface area contributed by atoms with Crippen molar-refractivity contribution in [2.45, 2.75) is 18.9 Å². The number of rotatable bonds is 6. The summed E-state index contributed by atoms with van der Waals surface area (Å²) in [6.45, 7) is 1.11. The Morgan fingerprint density at radius 3 is 1.83 bits per heavy atom. The number of esters is 2. The molecule has 0 aromatic heterocycles. The van der Waals surface area contributed by atoms with Gasteiger partial charge in [-0.15, -0.1) is 0 Å². The van der Waals surface area contributed by atoms with Gasteiger partial charge in [-0.05, 0) is 0 Å². The zero-order chi connectivity index (χ0) is 14.3. The van der Waals surface area contributed by atoms with Gasteiger partial charge in [0.1, 0.15) is 5.78 Å². The summed E-state index contributed by atoms with van der Waals surface area (Å²) in [6, 6.07) is 0. The Hall–Kier alpha value is -1.44. The van der Waals surface area contributed by atoms with Gasteiger partial charge in [0.05, 0.1) is 26.0 Å². The SMILES string of the molecule is COC(=O)C(CC(=O)CBr)(NC(C)=O)C(=O)OC. The maximum absolute atomic E-state index is 11.7. The Bertz CT molecular complexity index is 351. The molecule has 7 nitrogen and oxygen atoms in total. The molecule has 0 atom stereocenters. The lowest BCUT2D eigenvalue weighted by atomic mass is 9.93. The molecule has 102 valence electrons. The highest BCUT2D eigenvalue weighted by Crippen LogP contribution is 2.17. The first kappa shape index (κ1) is 16.6. The normalized spacial score (nSPS) is 10.4. The summed E-state index contributed by atoms with van der Waals surface area (Å²) in [7, 11) is 2.08. The molecule has 0 unspecified atom stereocenters. The average molecular weight is 324 g/mol. The number of ether oxygens (including phenoxy) is 2. The lowest BCUT2D eigenvalue weighted by Gasteiger charge is -2.27. The van der Waals surface area contributed by atoms with E-state index in [1.807, 2.05) is 0 Å². The molecule has 0 aromatic rings. The lowest BCUT2D eigenvalue weighted by molar-refractivity contribution is -0.166. The molecule has 0 aliphatic heterocycles. The number of halogens is 1. The standard InChI is InChI=1S/C10H14BrNO6/c1-6(13)12-10(8(15)17-2,9(16)18-3)4-7(14)5-11/h4-5H2,1-3H3,(H,12,13). The van der Waals surface area contributed by atoms with Crippen LogP contribution in [0.25, 0.3) is 0 Å². The Kier molecular flexibility index (Phi) is 6.53. The molecule has 1 amide bonds. The van der Waals surface area contributed by atoms with Crippen molar-refractivity contribution in [3.05, 3.63) is 0 Å². The van der Waals surface area contributed by atoms with Gasteiger partial charge in [0.15, 0.2) is 0 Å². The minimum absolute atomic E-state index is 0.0671. The third-order valence-electron chi connectivity index (χ3n) is 2.07. The minimum atomic E-state index is -2.14. The van der Waals surface area contributed by atoms with Gasteiger partial charge in [-0.25, -0.2) is 9.59 Å². The van der Waals surface area contributed by atoms with E-state index in [9.17, 15) is 19.2 Å². The van der Waals surface area contributed by atoms with Crippen molar-refractivity contribution in [2.75, 3.05) is 19.5 Å².